The molecule has 9 nitrogen and oxygen atoms in total. The molecule has 10 heteroatoms. The molecule has 5 rings (SSSR count). The third-order valence-corrected chi connectivity index (χ3v) is 9.22. The largest absolute Gasteiger partial charge is 0.465 e. The molecule has 1 aromatic heterocycles. The number of rotatable bonds is 7. The second kappa shape index (κ2) is 10.7. The number of aryl methyl sites for hydroxylation is 1. The molecule has 0 bridgehead atoms. The molecular formula is C29H33NO8S. The molecule has 0 N–H and O–H groups in total. The topological polar surface area (TPSA) is 110 Å². The van der Waals surface area contributed by atoms with Crippen LogP contribution in [0.25, 0.3) is 10.9 Å². The van der Waals surface area contributed by atoms with Crippen molar-refractivity contribution < 1.29 is 37.0 Å². The average molecular weight is 556 g/mol. The summed E-state index contributed by atoms with van der Waals surface area (Å²) >= 11 is 0. The lowest BCUT2D eigenvalue weighted by Gasteiger charge is -2.47. The summed E-state index contributed by atoms with van der Waals surface area (Å²) < 4.78 is 52.1. The summed E-state index contributed by atoms with van der Waals surface area (Å²) in [7, 11) is -4.02. The molecule has 39 heavy (non-hydrogen) atoms. The Morgan fingerprint density at radius 3 is 2.36 bits per heavy atom. The number of carbonyl (C=O) groups excluding carboxylic acids is 2. The highest BCUT2D eigenvalue weighted by Gasteiger charge is 2.62. The molecule has 0 saturated carbocycles. The normalized spacial score (nSPS) is 22.7. The van der Waals surface area contributed by atoms with Crippen LogP contribution in [0.4, 0.5) is 0 Å². The SMILES string of the molecule is CCOC(=O)C1(C(=O)OCC)C[C@@H]2CCCO[C@@H]2O[C@@H]1c1cn(S(=O)(=O)c2ccc(C)cc2)c2ccccc12. The van der Waals surface area contributed by atoms with Crippen LogP contribution in [-0.2, 0) is 38.6 Å². The fraction of sp³-hybridized carbons (Fsp3) is 0.448. The molecule has 2 aromatic carbocycles. The molecule has 0 unspecified atom stereocenters. The fourth-order valence-electron chi connectivity index (χ4n) is 5.67. The summed E-state index contributed by atoms with van der Waals surface area (Å²) in [5, 5.41) is 0.533. The van der Waals surface area contributed by atoms with Crippen LogP contribution in [0.5, 0.6) is 0 Å². The smallest absolute Gasteiger partial charge is 0.326 e. The van der Waals surface area contributed by atoms with Crippen LogP contribution in [-0.4, -0.2) is 50.4 Å². The molecule has 2 fully saturated rings. The second-order valence-electron chi connectivity index (χ2n) is 9.99. The monoisotopic (exact) mass is 555 g/mol. The van der Waals surface area contributed by atoms with Crippen LogP contribution in [0.15, 0.2) is 59.6 Å². The van der Waals surface area contributed by atoms with Crippen LogP contribution in [0, 0.1) is 18.3 Å². The molecule has 3 heterocycles. The first-order chi connectivity index (χ1) is 18.7. The number of hydrogen-bond acceptors (Lipinski definition) is 8. The van der Waals surface area contributed by atoms with Crippen molar-refractivity contribution in [1.29, 1.82) is 0 Å². The summed E-state index contributed by atoms with van der Waals surface area (Å²) in [5.74, 6) is -1.74. The lowest BCUT2D eigenvalue weighted by molar-refractivity contribution is -0.276. The number of hydrogen-bond donors (Lipinski definition) is 0. The van der Waals surface area contributed by atoms with E-state index in [4.69, 9.17) is 18.9 Å². The predicted molar refractivity (Wildman–Crippen MR) is 142 cm³/mol. The van der Waals surface area contributed by atoms with E-state index in [2.05, 4.69) is 0 Å². The molecule has 2 aliphatic heterocycles. The number of nitrogens with zero attached hydrogens (tertiary/aromatic N) is 1. The van der Waals surface area contributed by atoms with Gasteiger partial charge in [-0.25, -0.2) is 12.4 Å². The Morgan fingerprint density at radius 1 is 1.03 bits per heavy atom. The Bertz CT molecular complexity index is 1460. The van der Waals surface area contributed by atoms with Crippen LogP contribution in [0.2, 0.25) is 0 Å². The number of carbonyl (C=O) groups is 2. The number of benzene rings is 2. The molecule has 0 aliphatic carbocycles. The van der Waals surface area contributed by atoms with Gasteiger partial charge in [0.1, 0.15) is 6.10 Å². The van der Waals surface area contributed by atoms with Gasteiger partial charge in [-0.3, -0.25) is 9.59 Å². The minimum Gasteiger partial charge on any atom is -0.465 e. The summed E-state index contributed by atoms with van der Waals surface area (Å²) in [5.41, 5.74) is -0.144. The van der Waals surface area contributed by atoms with Gasteiger partial charge < -0.3 is 18.9 Å². The predicted octanol–water partition coefficient (Wildman–Crippen LogP) is 4.51. The van der Waals surface area contributed by atoms with Crippen molar-refractivity contribution in [3.8, 4) is 0 Å². The molecule has 0 spiro atoms. The minimum atomic E-state index is -4.02. The summed E-state index contributed by atoms with van der Waals surface area (Å²) in [4.78, 5) is 27.6. The summed E-state index contributed by atoms with van der Waals surface area (Å²) in [6.07, 6.45) is 1.17. The van der Waals surface area contributed by atoms with E-state index in [1.54, 1.807) is 62.4 Å². The molecule has 2 aliphatic rings. The van der Waals surface area contributed by atoms with Crippen LogP contribution < -0.4 is 0 Å². The maximum Gasteiger partial charge on any atom is 0.326 e. The van der Waals surface area contributed by atoms with Gasteiger partial charge in [-0.1, -0.05) is 35.9 Å². The van der Waals surface area contributed by atoms with Crippen molar-refractivity contribution in [2.24, 2.45) is 11.3 Å². The average Bonchev–Trinajstić information content (AvgIpc) is 3.33. The Labute approximate surface area is 228 Å². The molecule has 2 saturated heterocycles. The highest BCUT2D eigenvalue weighted by Crippen LogP contribution is 2.53. The maximum absolute atomic E-state index is 13.8. The third kappa shape index (κ3) is 4.64. The Balaban J connectivity index is 1.73. The lowest BCUT2D eigenvalue weighted by Crippen LogP contribution is -2.55. The molecular weight excluding hydrogens is 522 g/mol. The number of esters is 2. The van der Waals surface area contributed by atoms with Crippen molar-refractivity contribution in [2.75, 3.05) is 19.8 Å². The third-order valence-electron chi connectivity index (χ3n) is 7.54. The van der Waals surface area contributed by atoms with Gasteiger partial charge in [0.2, 0.25) is 0 Å². The van der Waals surface area contributed by atoms with E-state index in [-0.39, 0.29) is 30.4 Å². The Hall–Kier alpha value is -3.21. The molecule has 0 radical (unpaired) electrons. The van der Waals surface area contributed by atoms with Gasteiger partial charge in [-0.15, -0.1) is 0 Å². The van der Waals surface area contributed by atoms with Gasteiger partial charge in [-0.05, 0) is 58.2 Å². The second-order valence-corrected chi connectivity index (χ2v) is 11.8. The van der Waals surface area contributed by atoms with Crippen molar-refractivity contribution in [3.05, 3.63) is 65.9 Å². The first kappa shape index (κ1) is 27.4. The number of para-hydroxylation sites is 1. The Kier molecular flexibility index (Phi) is 7.54. The fourth-order valence-corrected chi connectivity index (χ4v) is 7.04. The first-order valence-electron chi connectivity index (χ1n) is 13.3. The van der Waals surface area contributed by atoms with Crippen LogP contribution >= 0.6 is 0 Å². The number of fused-ring (bicyclic) bond motifs is 2. The first-order valence-corrected chi connectivity index (χ1v) is 14.7. The minimum absolute atomic E-state index is 0.0564. The molecule has 3 aromatic rings. The maximum atomic E-state index is 13.8. The van der Waals surface area contributed by atoms with E-state index < -0.39 is 39.8 Å². The zero-order valence-corrected chi connectivity index (χ0v) is 23.1. The van der Waals surface area contributed by atoms with E-state index in [0.717, 1.165) is 12.0 Å². The Morgan fingerprint density at radius 2 is 1.69 bits per heavy atom. The summed E-state index contributed by atoms with van der Waals surface area (Å²) in [6, 6.07) is 13.5. The lowest BCUT2D eigenvalue weighted by atomic mass is 9.69. The van der Waals surface area contributed by atoms with Crippen molar-refractivity contribution in [1.82, 2.24) is 3.97 Å². The molecule has 208 valence electrons. The van der Waals surface area contributed by atoms with E-state index in [9.17, 15) is 18.0 Å². The highest BCUT2D eigenvalue weighted by atomic mass is 32.2. The van der Waals surface area contributed by atoms with Crippen molar-refractivity contribution in [3.63, 3.8) is 0 Å². The van der Waals surface area contributed by atoms with Gasteiger partial charge in [0.05, 0.1) is 23.6 Å². The van der Waals surface area contributed by atoms with Gasteiger partial charge >= 0.3 is 11.9 Å². The van der Waals surface area contributed by atoms with Gasteiger partial charge in [-0.2, -0.15) is 0 Å². The van der Waals surface area contributed by atoms with Crippen molar-refractivity contribution >= 4 is 32.9 Å². The highest BCUT2D eigenvalue weighted by molar-refractivity contribution is 7.90. The van der Waals surface area contributed by atoms with Gasteiger partial charge in [0, 0.05) is 29.7 Å². The van der Waals surface area contributed by atoms with E-state index in [1.165, 1.54) is 10.2 Å². The van der Waals surface area contributed by atoms with Crippen LogP contribution in [0.3, 0.4) is 0 Å². The van der Waals surface area contributed by atoms with Crippen LogP contribution in [0.1, 0.15) is 50.3 Å². The number of aromatic nitrogens is 1. The van der Waals surface area contributed by atoms with E-state index in [0.29, 0.717) is 29.5 Å². The van der Waals surface area contributed by atoms with Gasteiger partial charge in [0.15, 0.2) is 11.7 Å². The van der Waals surface area contributed by atoms with Gasteiger partial charge in [0.25, 0.3) is 10.0 Å². The number of ether oxygens (including phenoxy) is 4. The molecule has 3 atom stereocenters. The summed E-state index contributed by atoms with van der Waals surface area (Å²) in [6.45, 7) is 5.82. The zero-order valence-electron chi connectivity index (χ0n) is 22.3. The van der Waals surface area contributed by atoms with Crippen molar-refractivity contribution in [2.45, 2.75) is 57.3 Å². The molecule has 0 amide bonds. The van der Waals surface area contributed by atoms with E-state index >= 15 is 0 Å². The standard InChI is InChI=1S/C29H33NO8S/c1-4-35-27(31)29(28(32)36-5-2)17-20-9-8-16-37-26(20)38-25(29)23-18-30(24-11-7-6-10-22(23)24)39(33,34)21-14-12-19(3)13-15-21/h6-7,10-15,18,20,25-26H,4-5,8-9,16-17H2,1-3H3/t20-,25+,26+/m0/s1. The quantitative estimate of drug-likeness (QED) is 0.309. The zero-order chi connectivity index (χ0) is 27.8. The van der Waals surface area contributed by atoms with E-state index in [1.807, 2.05) is 6.92 Å².